The summed E-state index contributed by atoms with van der Waals surface area (Å²) in [7, 11) is 1.62. The maximum atomic E-state index is 9.97. The third-order valence-corrected chi connectivity index (χ3v) is 5.71. The Bertz CT molecular complexity index is 1060. The van der Waals surface area contributed by atoms with Crippen molar-refractivity contribution < 1.29 is 19.7 Å². The predicted molar refractivity (Wildman–Crippen MR) is 126 cm³/mol. The van der Waals surface area contributed by atoms with Crippen molar-refractivity contribution >= 4 is 6.08 Å². The Kier molecular flexibility index (Phi) is 7.22. The first kappa shape index (κ1) is 22.1. The van der Waals surface area contributed by atoms with Crippen molar-refractivity contribution in [2.75, 3.05) is 13.7 Å². The second kappa shape index (κ2) is 10.5. The van der Waals surface area contributed by atoms with Crippen LogP contribution in [0.1, 0.15) is 39.4 Å². The van der Waals surface area contributed by atoms with E-state index in [2.05, 4.69) is 17.5 Å². The molecule has 3 N–H and O–H groups in total. The molecule has 1 aliphatic rings. The summed E-state index contributed by atoms with van der Waals surface area (Å²) in [6, 6.07) is 19.9. The van der Waals surface area contributed by atoms with E-state index >= 15 is 0 Å². The summed E-state index contributed by atoms with van der Waals surface area (Å²) >= 11 is 0. The molecule has 166 valence electrons. The molecule has 5 nitrogen and oxygen atoms in total. The van der Waals surface area contributed by atoms with Gasteiger partial charge in [-0.15, -0.1) is 0 Å². The van der Waals surface area contributed by atoms with E-state index in [4.69, 9.17) is 9.47 Å². The van der Waals surface area contributed by atoms with Crippen LogP contribution in [0.2, 0.25) is 0 Å². The van der Waals surface area contributed by atoms with Gasteiger partial charge in [0.15, 0.2) is 0 Å². The summed E-state index contributed by atoms with van der Waals surface area (Å²) in [5.41, 5.74) is 6.02. The number of nitrogens with one attached hydrogen (secondary N) is 1. The third kappa shape index (κ3) is 5.19. The van der Waals surface area contributed by atoms with Gasteiger partial charge in [-0.25, -0.2) is 0 Å². The number of aliphatic hydroxyl groups is 2. The Morgan fingerprint density at radius 3 is 2.59 bits per heavy atom. The summed E-state index contributed by atoms with van der Waals surface area (Å²) < 4.78 is 11.4. The van der Waals surface area contributed by atoms with Crippen molar-refractivity contribution in [3.05, 3.63) is 100 Å². The molecule has 1 unspecified atom stereocenters. The normalized spacial score (nSPS) is 15.5. The molecule has 0 aliphatic carbocycles. The zero-order chi connectivity index (χ0) is 22.3. The number of methoxy groups -OCH3 is 1. The molecule has 32 heavy (non-hydrogen) atoms. The molecular formula is C27H29NO4. The van der Waals surface area contributed by atoms with Gasteiger partial charge in [0, 0.05) is 12.1 Å². The van der Waals surface area contributed by atoms with Gasteiger partial charge in [0.1, 0.15) is 18.1 Å². The fourth-order valence-corrected chi connectivity index (χ4v) is 4.03. The minimum absolute atomic E-state index is 0.0241. The van der Waals surface area contributed by atoms with Crippen LogP contribution in [-0.2, 0) is 26.2 Å². The number of hydrogen-bond acceptors (Lipinski definition) is 5. The van der Waals surface area contributed by atoms with Gasteiger partial charge < -0.3 is 25.0 Å². The van der Waals surface area contributed by atoms with Crippen LogP contribution >= 0.6 is 0 Å². The van der Waals surface area contributed by atoms with E-state index in [1.165, 1.54) is 5.56 Å². The van der Waals surface area contributed by atoms with Crippen LogP contribution in [0, 0.1) is 0 Å². The van der Waals surface area contributed by atoms with Crippen molar-refractivity contribution in [1.29, 1.82) is 0 Å². The number of aliphatic hydroxyl groups excluding tert-OH is 2. The van der Waals surface area contributed by atoms with Crippen molar-refractivity contribution in [3.8, 4) is 11.5 Å². The van der Waals surface area contributed by atoms with Crippen molar-refractivity contribution in [2.45, 2.75) is 32.3 Å². The lowest BCUT2D eigenvalue weighted by atomic mass is 9.91. The molecule has 4 rings (SSSR count). The molecule has 0 aromatic heterocycles. The lowest BCUT2D eigenvalue weighted by molar-refractivity contribution is 0.258. The highest BCUT2D eigenvalue weighted by atomic mass is 16.5. The van der Waals surface area contributed by atoms with Gasteiger partial charge in [-0.3, -0.25) is 0 Å². The number of benzene rings is 3. The molecule has 5 heteroatoms. The van der Waals surface area contributed by atoms with Crippen LogP contribution in [0.15, 0.2) is 66.7 Å². The molecule has 1 aliphatic heterocycles. The summed E-state index contributed by atoms with van der Waals surface area (Å²) in [6.07, 6.45) is 5.05. The zero-order valence-electron chi connectivity index (χ0n) is 18.3. The maximum Gasteiger partial charge on any atom is 0.125 e. The van der Waals surface area contributed by atoms with E-state index < -0.39 is 0 Å². The SMILES string of the molecule is COc1cc(/C=C/C2NCCc3cc(OCc4ccccc4)c(CO)cc32)cc(CO)c1. The molecule has 0 saturated heterocycles. The lowest BCUT2D eigenvalue weighted by Gasteiger charge is -2.26. The molecule has 0 amide bonds. The number of rotatable bonds is 8. The predicted octanol–water partition coefficient (Wildman–Crippen LogP) is 4.16. The first-order valence-corrected chi connectivity index (χ1v) is 10.8. The highest BCUT2D eigenvalue weighted by Gasteiger charge is 2.20. The number of fused-ring (bicyclic) bond motifs is 1. The Labute approximate surface area is 189 Å². The van der Waals surface area contributed by atoms with Crippen molar-refractivity contribution in [2.24, 2.45) is 0 Å². The van der Waals surface area contributed by atoms with Gasteiger partial charge in [0.2, 0.25) is 0 Å². The second-order valence-corrected chi connectivity index (χ2v) is 7.90. The lowest BCUT2D eigenvalue weighted by Crippen LogP contribution is -2.28. The Hall–Kier alpha value is -3.12. The van der Waals surface area contributed by atoms with E-state index in [9.17, 15) is 10.2 Å². The van der Waals surface area contributed by atoms with E-state index in [1.54, 1.807) is 7.11 Å². The Morgan fingerprint density at radius 1 is 1.00 bits per heavy atom. The highest BCUT2D eigenvalue weighted by Crippen LogP contribution is 2.32. The third-order valence-electron chi connectivity index (χ3n) is 5.71. The average molecular weight is 432 g/mol. The first-order valence-electron chi connectivity index (χ1n) is 10.8. The van der Waals surface area contributed by atoms with Crippen LogP contribution in [0.3, 0.4) is 0 Å². The van der Waals surface area contributed by atoms with Crippen LogP contribution in [0.5, 0.6) is 11.5 Å². The van der Waals surface area contributed by atoms with E-state index in [-0.39, 0.29) is 19.3 Å². The van der Waals surface area contributed by atoms with Crippen LogP contribution in [-0.4, -0.2) is 23.9 Å². The molecule has 3 aromatic rings. The molecule has 3 aromatic carbocycles. The Balaban J connectivity index is 1.57. The second-order valence-electron chi connectivity index (χ2n) is 7.90. The molecule has 0 saturated carbocycles. The highest BCUT2D eigenvalue weighted by molar-refractivity contribution is 5.56. The molecule has 0 fully saturated rings. The van der Waals surface area contributed by atoms with E-state index in [1.807, 2.05) is 60.7 Å². The minimum Gasteiger partial charge on any atom is -0.497 e. The topological polar surface area (TPSA) is 71.0 Å². The van der Waals surface area contributed by atoms with Gasteiger partial charge in [0.25, 0.3) is 0 Å². The fraction of sp³-hybridized carbons (Fsp3) is 0.259. The van der Waals surface area contributed by atoms with Gasteiger partial charge >= 0.3 is 0 Å². The van der Waals surface area contributed by atoms with E-state index in [0.717, 1.165) is 52.3 Å². The number of ether oxygens (including phenoxy) is 2. The van der Waals surface area contributed by atoms with Crippen LogP contribution in [0.25, 0.3) is 6.08 Å². The van der Waals surface area contributed by atoms with Gasteiger partial charge in [-0.05, 0) is 64.6 Å². The smallest absolute Gasteiger partial charge is 0.125 e. The van der Waals surface area contributed by atoms with Gasteiger partial charge in [0.05, 0.1) is 26.4 Å². The first-order chi connectivity index (χ1) is 15.7. The monoisotopic (exact) mass is 431 g/mol. The number of hydrogen-bond donors (Lipinski definition) is 3. The minimum atomic E-state index is -0.0798. The maximum absolute atomic E-state index is 9.97. The summed E-state index contributed by atoms with van der Waals surface area (Å²) in [4.78, 5) is 0. The van der Waals surface area contributed by atoms with Gasteiger partial charge in [-0.1, -0.05) is 42.5 Å². The summed E-state index contributed by atoms with van der Waals surface area (Å²) in [5.74, 6) is 1.45. The fourth-order valence-electron chi connectivity index (χ4n) is 4.03. The molecule has 1 atom stereocenters. The molecular weight excluding hydrogens is 402 g/mol. The Morgan fingerprint density at radius 2 is 1.84 bits per heavy atom. The molecule has 0 bridgehead atoms. The van der Waals surface area contributed by atoms with Crippen molar-refractivity contribution in [3.63, 3.8) is 0 Å². The molecule has 0 spiro atoms. The quantitative estimate of drug-likeness (QED) is 0.500. The van der Waals surface area contributed by atoms with Gasteiger partial charge in [-0.2, -0.15) is 0 Å². The van der Waals surface area contributed by atoms with E-state index in [0.29, 0.717) is 6.61 Å². The van der Waals surface area contributed by atoms with Crippen LogP contribution < -0.4 is 14.8 Å². The molecule has 1 heterocycles. The standard InChI is InChI=1S/C27H29NO4/c1-31-24-12-20(11-21(13-24)16-29)7-8-26-25-14-23(17-30)27(15-22(25)9-10-28-26)32-18-19-5-3-2-4-6-19/h2-8,11-15,26,28-30H,9-10,16-18H2,1H3/b8-7+. The molecule has 0 radical (unpaired) electrons. The zero-order valence-corrected chi connectivity index (χ0v) is 18.3. The summed E-state index contributed by atoms with van der Waals surface area (Å²) in [6.45, 7) is 1.22. The largest absolute Gasteiger partial charge is 0.497 e. The summed E-state index contributed by atoms with van der Waals surface area (Å²) in [5, 5.41) is 23.0. The van der Waals surface area contributed by atoms with Crippen LogP contribution in [0.4, 0.5) is 0 Å². The average Bonchev–Trinajstić information content (AvgIpc) is 2.85. The van der Waals surface area contributed by atoms with Crippen molar-refractivity contribution in [1.82, 2.24) is 5.32 Å².